The Balaban J connectivity index is 2.00. The van der Waals surface area contributed by atoms with Crippen LogP contribution in [-0.2, 0) is 0 Å². The van der Waals surface area contributed by atoms with Crippen molar-refractivity contribution in [3.05, 3.63) is 24.0 Å². The third-order valence-corrected chi connectivity index (χ3v) is 4.07. The average Bonchev–Trinajstić information content (AvgIpc) is 2.68. The number of nitrogens with one attached hydrogen (secondary N) is 1. The van der Waals surface area contributed by atoms with E-state index >= 15 is 0 Å². The zero-order valence-electron chi connectivity index (χ0n) is 9.83. The topological polar surface area (TPSA) is 21.3 Å². The molecule has 1 aliphatic rings. The first-order chi connectivity index (χ1) is 8.54. The zero-order chi connectivity index (χ0) is 13.1. The van der Waals surface area contributed by atoms with E-state index < -0.39 is 18.2 Å². The van der Waals surface area contributed by atoms with Gasteiger partial charge in [0.05, 0.1) is 0 Å². The van der Waals surface area contributed by atoms with Crippen molar-refractivity contribution in [1.29, 1.82) is 0 Å². The fourth-order valence-electron chi connectivity index (χ4n) is 1.94. The van der Waals surface area contributed by atoms with Crippen LogP contribution in [0.25, 0.3) is 0 Å². The smallest absolute Gasteiger partial charge is 0.387 e. The molecule has 0 bridgehead atoms. The second-order valence-corrected chi connectivity index (χ2v) is 5.72. The second-order valence-electron chi connectivity index (χ2n) is 4.24. The van der Waals surface area contributed by atoms with Gasteiger partial charge in [0.2, 0.25) is 0 Å². The minimum atomic E-state index is -3.01. The minimum absolute atomic E-state index is 0.297. The van der Waals surface area contributed by atoms with Crippen LogP contribution in [0.2, 0.25) is 0 Å². The number of ether oxygens (including phenoxy) is 1. The second kappa shape index (κ2) is 5.73. The third-order valence-electron chi connectivity index (χ3n) is 2.72. The lowest BCUT2D eigenvalue weighted by Gasteiger charge is -2.14. The number of hydrogen-bond acceptors (Lipinski definition) is 3. The van der Waals surface area contributed by atoms with Gasteiger partial charge in [-0.3, -0.25) is 0 Å². The van der Waals surface area contributed by atoms with Crippen molar-refractivity contribution in [3.8, 4) is 5.75 Å². The van der Waals surface area contributed by atoms with Crippen molar-refractivity contribution in [3.63, 3.8) is 0 Å². The van der Waals surface area contributed by atoms with Crippen LogP contribution in [0, 0.1) is 5.82 Å². The largest absolute Gasteiger partial charge is 0.432 e. The molecule has 100 valence electrons. The minimum Gasteiger partial charge on any atom is -0.432 e. The molecule has 0 saturated carbocycles. The van der Waals surface area contributed by atoms with Gasteiger partial charge in [-0.15, -0.1) is 0 Å². The monoisotopic (exact) mass is 277 g/mol. The highest BCUT2D eigenvalue weighted by Gasteiger charge is 2.21. The number of rotatable bonds is 4. The summed E-state index contributed by atoms with van der Waals surface area (Å²) in [7, 11) is 0. The van der Waals surface area contributed by atoms with E-state index in [-0.39, 0.29) is 0 Å². The average molecular weight is 277 g/mol. The molecular formula is C12H14F3NOS. The molecule has 0 aliphatic carbocycles. The Morgan fingerprint density at radius 1 is 1.44 bits per heavy atom. The van der Waals surface area contributed by atoms with Crippen molar-refractivity contribution in [1.82, 2.24) is 0 Å². The first kappa shape index (κ1) is 13.4. The molecule has 1 N–H and O–H groups in total. The van der Waals surface area contributed by atoms with Gasteiger partial charge < -0.3 is 10.1 Å². The number of thioether (sulfide) groups is 1. The van der Waals surface area contributed by atoms with E-state index in [0.717, 1.165) is 12.2 Å². The molecule has 2 rings (SSSR count). The highest BCUT2D eigenvalue weighted by atomic mass is 32.2. The van der Waals surface area contributed by atoms with Crippen LogP contribution in [0.5, 0.6) is 5.75 Å². The molecule has 2 atom stereocenters. The maximum Gasteiger partial charge on any atom is 0.387 e. The molecule has 0 aromatic heterocycles. The Labute approximate surface area is 108 Å². The summed E-state index contributed by atoms with van der Waals surface area (Å²) in [6.45, 7) is -0.864. The van der Waals surface area contributed by atoms with E-state index in [1.54, 1.807) is 6.07 Å². The summed E-state index contributed by atoms with van der Waals surface area (Å²) < 4.78 is 41.4. The molecule has 6 heteroatoms. The van der Waals surface area contributed by atoms with Crippen molar-refractivity contribution in [2.24, 2.45) is 0 Å². The lowest BCUT2D eigenvalue weighted by molar-refractivity contribution is -0.0521. The number of anilines is 1. The van der Waals surface area contributed by atoms with Crippen LogP contribution in [0.15, 0.2) is 18.2 Å². The summed E-state index contributed by atoms with van der Waals surface area (Å²) in [5, 5.41) is 3.78. The molecule has 1 aromatic rings. The van der Waals surface area contributed by atoms with Gasteiger partial charge in [-0.2, -0.15) is 20.5 Å². The number of benzene rings is 1. The highest BCUT2D eigenvalue weighted by Crippen LogP contribution is 2.29. The van der Waals surface area contributed by atoms with Crippen LogP contribution in [0.1, 0.15) is 13.3 Å². The highest BCUT2D eigenvalue weighted by molar-refractivity contribution is 8.00. The van der Waals surface area contributed by atoms with E-state index in [0.29, 0.717) is 17.0 Å². The van der Waals surface area contributed by atoms with Gasteiger partial charge >= 0.3 is 6.61 Å². The Morgan fingerprint density at radius 2 is 2.22 bits per heavy atom. The summed E-state index contributed by atoms with van der Waals surface area (Å²) >= 11 is 1.86. The predicted molar refractivity (Wildman–Crippen MR) is 67.0 cm³/mol. The Kier molecular flexibility index (Phi) is 4.27. The molecule has 0 radical (unpaired) electrons. The fraction of sp³-hybridized carbons (Fsp3) is 0.500. The molecule has 0 amide bonds. The molecule has 1 heterocycles. The maximum absolute atomic E-state index is 13.5. The molecule has 1 saturated heterocycles. The van der Waals surface area contributed by atoms with Crippen molar-refractivity contribution in [2.45, 2.75) is 31.2 Å². The third kappa shape index (κ3) is 3.48. The Morgan fingerprint density at radius 3 is 2.78 bits per heavy atom. The molecule has 2 nitrogen and oxygen atoms in total. The van der Waals surface area contributed by atoms with Gasteiger partial charge in [0.1, 0.15) is 0 Å². The molecule has 1 aliphatic heterocycles. The number of halogens is 3. The normalized spacial score (nSPS) is 23.4. The molecule has 1 fully saturated rings. The molecule has 0 spiro atoms. The standard InChI is InChI=1S/C12H14F3NOS/c1-7-4-9(6-18-7)16-8-2-3-11(10(13)5-8)17-12(14)15/h2-3,5,7,9,12,16H,4,6H2,1H3. The zero-order valence-corrected chi connectivity index (χ0v) is 10.6. The molecule has 2 unspecified atom stereocenters. The lowest BCUT2D eigenvalue weighted by Crippen LogP contribution is -2.19. The van der Waals surface area contributed by atoms with Gasteiger partial charge in [0.15, 0.2) is 11.6 Å². The fourth-order valence-corrected chi connectivity index (χ4v) is 3.08. The van der Waals surface area contributed by atoms with Gasteiger partial charge in [0, 0.05) is 28.8 Å². The van der Waals surface area contributed by atoms with Gasteiger partial charge in [-0.25, -0.2) is 4.39 Å². The van der Waals surface area contributed by atoms with Gasteiger partial charge in [-0.05, 0) is 18.6 Å². The molecule has 1 aromatic carbocycles. The number of alkyl halides is 2. The van der Waals surface area contributed by atoms with Crippen LogP contribution in [0.3, 0.4) is 0 Å². The van der Waals surface area contributed by atoms with Crippen LogP contribution in [0.4, 0.5) is 18.9 Å². The molecule has 18 heavy (non-hydrogen) atoms. The predicted octanol–water partition coefficient (Wildman–Crippen LogP) is 3.73. The van der Waals surface area contributed by atoms with E-state index in [1.807, 2.05) is 11.8 Å². The summed E-state index contributed by atoms with van der Waals surface area (Å²) in [5.41, 5.74) is 0.591. The van der Waals surface area contributed by atoms with Crippen molar-refractivity contribution >= 4 is 17.4 Å². The van der Waals surface area contributed by atoms with E-state index in [1.165, 1.54) is 12.1 Å². The van der Waals surface area contributed by atoms with Gasteiger partial charge in [-0.1, -0.05) is 6.92 Å². The van der Waals surface area contributed by atoms with E-state index in [9.17, 15) is 13.2 Å². The van der Waals surface area contributed by atoms with E-state index in [4.69, 9.17) is 0 Å². The van der Waals surface area contributed by atoms with Crippen LogP contribution in [-0.4, -0.2) is 23.7 Å². The quantitative estimate of drug-likeness (QED) is 0.906. The summed E-state index contributed by atoms with van der Waals surface area (Å²) in [6.07, 6.45) is 1.02. The van der Waals surface area contributed by atoms with Gasteiger partial charge in [0.25, 0.3) is 0 Å². The number of hydrogen-bond donors (Lipinski definition) is 1. The SMILES string of the molecule is CC1CC(Nc2ccc(OC(F)F)c(F)c2)CS1. The first-order valence-corrected chi connectivity index (χ1v) is 6.72. The summed E-state index contributed by atoms with van der Waals surface area (Å²) in [6, 6.07) is 4.25. The van der Waals surface area contributed by atoms with Crippen molar-refractivity contribution < 1.29 is 17.9 Å². The van der Waals surface area contributed by atoms with E-state index in [2.05, 4.69) is 17.0 Å². The summed E-state index contributed by atoms with van der Waals surface area (Å²) in [4.78, 5) is 0. The van der Waals surface area contributed by atoms with Crippen LogP contribution >= 0.6 is 11.8 Å². The van der Waals surface area contributed by atoms with Crippen LogP contribution < -0.4 is 10.1 Å². The lowest BCUT2D eigenvalue weighted by atomic mass is 10.2. The molecular weight excluding hydrogens is 263 g/mol. The Bertz CT molecular complexity index is 416. The van der Waals surface area contributed by atoms with Crippen molar-refractivity contribution in [2.75, 3.05) is 11.1 Å². The first-order valence-electron chi connectivity index (χ1n) is 5.67. The maximum atomic E-state index is 13.5. The summed E-state index contributed by atoms with van der Waals surface area (Å²) in [5.74, 6) is -0.235. The Hall–Kier alpha value is -1.04.